The van der Waals surface area contributed by atoms with Crippen LogP contribution in [0.15, 0.2) is 40.4 Å². The lowest BCUT2D eigenvalue weighted by atomic mass is 10.1. The van der Waals surface area contributed by atoms with Crippen molar-refractivity contribution in [2.45, 2.75) is 0 Å². The maximum absolute atomic E-state index is 13.2. The van der Waals surface area contributed by atoms with Crippen LogP contribution in [-0.2, 0) is 9.59 Å². The number of aromatic hydroxyl groups is 1. The van der Waals surface area contributed by atoms with E-state index in [1.165, 1.54) is 38.4 Å². The summed E-state index contributed by atoms with van der Waals surface area (Å²) < 4.78 is 16.4. The van der Waals surface area contributed by atoms with Crippen LogP contribution in [-0.4, -0.2) is 43.4 Å². The lowest BCUT2D eigenvalue weighted by molar-refractivity contribution is -0.122. The van der Waals surface area contributed by atoms with Crippen LogP contribution in [0.2, 0.25) is 0 Å². The number of phenolic OH excluding ortho intramolecular Hbond substituents is 1. The molecule has 30 heavy (non-hydrogen) atoms. The topological polar surface area (TPSA) is 97.3 Å². The van der Waals surface area contributed by atoms with Gasteiger partial charge in [0.15, 0.2) is 16.6 Å². The molecule has 0 atom stereocenters. The second-order valence-electron chi connectivity index (χ2n) is 6.05. The van der Waals surface area contributed by atoms with Gasteiger partial charge >= 0.3 is 0 Å². The zero-order valence-corrected chi connectivity index (χ0v) is 18.6. The van der Waals surface area contributed by atoms with Crippen molar-refractivity contribution in [3.8, 4) is 23.0 Å². The Labute approximate surface area is 186 Å². The van der Waals surface area contributed by atoms with Crippen LogP contribution in [0.5, 0.6) is 23.0 Å². The lowest BCUT2D eigenvalue weighted by Crippen LogP contribution is -2.54. The first-order valence-corrected chi connectivity index (χ1v) is 9.70. The van der Waals surface area contributed by atoms with Crippen molar-refractivity contribution in [3.63, 3.8) is 0 Å². The van der Waals surface area contributed by atoms with Gasteiger partial charge in [-0.2, -0.15) is 0 Å². The van der Waals surface area contributed by atoms with Crippen LogP contribution >= 0.6 is 28.1 Å². The Hall–Kier alpha value is -3.11. The van der Waals surface area contributed by atoms with Gasteiger partial charge in [0, 0.05) is 12.1 Å². The van der Waals surface area contributed by atoms with E-state index in [0.29, 0.717) is 33.0 Å². The molecule has 0 saturated carbocycles. The molecule has 10 heteroatoms. The molecule has 0 spiro atoms. The largest absolute Gasteiger partial charge is 0.507 e. The molecule has 0 radical (unpaired) electrons. The van der Waals surface area contributed by atoms with Crippen LogP contribution in [0.1, 0.15) is 5.56 Å². The minimum Gasteiger partial charge on any atom is -0.507 e. The van der Waals surface area contributed by atoms with Crippen LogP contribution in [0, 0.1) is 0 Å². The Bertz CT molecular complexity index is 1060. The summed E-state index contributed by atoms with van der Waals surface area (Å²) in [5.41, 5.74) is 0.739. The summed E-state index contributed by atoms with van der Waals surface area (Å²) in [5.74, 6) is -0.204. The van der Waals surface area contributed by atoms with Gasteiger partial charge in [-0.1, -0.05) is 6.07 Å². The standard InChI is InChI=1S/C20H17BrN2O6S/c1-27-15-8-11(9-16(28-2)17(15)29-3)23-19(26)12(18(25)22-20(23)30)6-10-4-5-14(24)13(21)7-10/h4-9,24H,1-3H3,(H,22,25,30). The molecule has 1 saturated heterocycles. The summed E-state index contributed by atoms with van der Waals surface area (Å²) in [6.45, 7) is 0. The molecule has 2 amide bonds. The fraction of sp³-hybridized carbons (Fsp3) is 0.150. The highest BCUT2D eigenvalue weighted by molar-refractivity contribution is 9.10. The molecular weight excluding hydrogens is 476 g/mol. The molecule has 0 bridgehead atoms. The summed E-state index contributed by atoms with van der Waals surface area (Å²) >= 11 is 8.44. The highest BCUT2D eigenvalue weighted by Gasteiger charge is 2.35. The van der Waals surface area contributed by atoms with Gasteiger partial charge in [0.2, 0.25) is 5.75 Å². The van der Waals surface area contributed by atoms with Gasteiger partial charge in [0.25, 0.3) is 11.8 Å². The first-order valence-electron chi connectivity index (χ1n) is 8.50. The van der Waals surface area contributed by atoms with Crippen molar-refractivity contribution in [2.75, 3.05) is 26.2 Å². The number of nitrogens with zero attached hydrogens (tertiary/aromatic N) is 1. The minimum atomic E-state index is -0.627. The van der Waals surface area contributed by atoms with Gasteiger partial charge in [-0.05, 0) is 51.9 Å². The molecule has 8 nitrogen and oxygen atoms in total. The van der Waals surface area contributed by atoms with Crippen LogP contribution in [0.25, 0.3) is 6.08 Å². The molecule has 2 aromatic rings. The maximum Gasteiger partial charge on any atom is 0.270 e. The third-order valence-corrected chi connectivity index (χ3v) is 5.21. The fourth-order valence-corrected chi connectivity index (χ4v) is 3.55. The molecule has 1 heterocycles. The molecule has 1 fully saturated rings. The monoisotopic (exact) mass is 492 g/mol. The number of methoxy groups -OCH3 is 3. The predicted octanol–water partition coefficient (Wildman–Crippen LogP) is 3.01. The normalized spacial score (nSPS) is 15.3. The number of hydrogen-bond donors (Lipinski definition) is 2. The number of rotatable bonds is 5. The molecule has 2 N–H and O–H groups in total. The summed E-state index contributed by atoms with van der Waals surface area (Å²) in [5, 5.41) is 12.1. The summed E-state index contributed by atoms with van der Waals surface area (Å²) in [6, 6.07) is 7.71. The van der Waals surface area contributed by atoms with E-state index in [4.69, 9.17) is 26.4 Å². The van der Waals surface area contributed by atoms with E-state index < -0.39 is 11.8 Å². The van der Waals surface area contributed by atoms with Crippen molar-refractivity contribution in [3.05, 3.63) is 45.9 Å². The number of benzene rings is 2. The average Bonchev–Trinajstić information content (AvgIpc) is 2.72. The fourth-order valence-electron chi connectivity index (χ4n) is 2.87. The molecular formula is C20H17BrN2O6S. The molecule has 0 aromatic heterocycles. The van der Waals surface area contributed by atoms with Crippen molar-refractivity contribution < 1.29 is 28.9 Å². The summed E-state index contributed by atoms with van der Waals surface area (Å²) in [4.78, 5) is 26.8. The highest BCUT2D eigenvalue weighted by Crippen LogP contribution is 2.41. The Morgan fingerprint density at radius 3 is 2.23 bits per heavy atom. The molecule has 1 aliphatic heterocycles. The highest BCUT2D eigenvalue weighted by atomic mass is 79.9. The first-order chi connectivity index (χ1) is 14.3. The number of phenols is 1. The number of halogens is 1. The Kier molecular flexibility index (Phi) is 6.28. The second-order valence-corrected chi connectivity index (χ2v) is 7.29. The van der Waals surface area contributed by atoms with Gasteiger partial charge in [-0.3, -0.25) is 19.8 Å². The van der Waals surface area contributed by atoms with Crippen LogP contribution in [0.4, 0.5) is 5.69 Å². The number of amides is 2. The van der Waals surface area contributed by atoms with Crippen LogP contribution in [0.3, 0.4) is 0 Å². The zero-order chi connectivity index (χ0) is 22.0. The SMILES string of the molecule is COc1cc(N2C(=O)C(=Cc3ccc(O)c(Br)c3)C(=O)NC2=S)cc(OC)c1OC. The van der Waals surface area contributed by atoms with Crippen molar-refractivity contribution in [1.82, 2.24) is 5.32 Å². The number of hydrogen-bond acceptors (Lipinski definition) is 7. The number of thiocarbonyl (C=S) groups is 1. The van der Waals surface area contributed by atoms with Crippen molar-refractivity contribution >= 4 is 56.8 Å². The molecule has 1 aliphatic rings. The Morgan fingerprint density at radius 1 is 1.07 bits per heavy atom. The first kappa shape index (κ1) is 21.6. The summed E-state index contributed by atoms with van der Waals surface area (Å²) in [6.07, 6.45) is 1.41. The minimum absolute atomic E-state index is 0.0387. The third kappa shape index (κ3) is 3.96. The molecule has 0 aliphatic carbocycles. The van der Waals surface area contributed by atoms with E-state index in [0.717, 1.165) is 0 Å². The molecule has 0 unspecified atom stereocenters. The van der Waals surface area contributed by atoms with E-state index in [-0.39, 0.29) is 16.4 Å². The number of anilines is 1. The van der Waals surface area contributed by atoms with Gasteiger partial charge in [0.05, 0.1) is 31.5 Å². The van der Waals surface area contributed by atoms with E-state index in [1.54, 1.807) is 24.3 Å². The summed E-state index contributed by atoms with van der Waals surface area (Å²) in [7, 11) is 4.37. The van der Waals surface area contributed by atoms with E-state index in [9.17, 15) is 14.7 Å². The Balaban J connectivity index is 2.08. The van der Waals surface area contributed by atoms with Gasteiger partial charge in [-0.25, -0.2) is 0 Å². The number of nitrogens with one attached hydrogen (secondary N) is 1. The smallest absolute Gasteiger partial charge is 0.270 e. The average molecular weight is 493 g/mol. The van der Waals surface area contributed by atoms with Crippen molar-refractivity contribution in [1.29, 1.82) is 0 Å². The molecule has 2 aromatic carbocycles. The molecule has 3 rings (SSSR count). The van der Waals surface area contributed by atoms with Gasteiger partial charge in [0.1, 0.15) is 11.3 Å². The van der Waals surface area contributed by atoms with E-state index in [2.05, 4.69) is 21.2 Å². The van der Waals surface area contributed by atoms with Crippen LogP contribution < -0.4 is 24.4 Å². The second kappa shape index (κ2) is 8.72. The molecule has 156 valence electrons. The lowest BCUT2D eigenvalue weighted by Gasteiger charge is -2.29. The maximum atomic E-state index is 13.2. The van der Waals surface area contributed by atoms with Gasteiger partial charge in [-0.15, -0.1) is 0 Å². The number of carbonyl (C=O) groups excluding carboxylic acids is 2. The Morgan fingerprint density at radius 2 is 1.70 bits per heavy atom. The third-order valence-electron chi connectivity index (χ3n) is 4.29. The predicted molar refractivity (Wildman–Crippen MR) is 118 cm³/mol. The number of carbonyl (C=O) groups is 2. The van der Waals surface area contributed by atoms with Gasteiger partial charge < -0.3 is 19.3 Å². The van der Waals surface area contributed by atoms with E-state index in [1.807, 2.05) is 0 Å². The van der Waals surface area contributed by atoms with E-state index >= 15 is 0 Å². The van der Waals surface area contributed by atoms with Crippen molar-refractivity contribution in [2.24, 2.45) is 0 Å². The number of ether oxygens (including phenoxy) is 3. The zero-order valence-electron chi connectivity index (χ0n) is 16.2. The quantitative estimate of drug-likeness (QED) is 0.376.